The molecule has 0 fully saturated rings. The van der Waals surface area contributed by atoms with Gasteiger partial charge in [-0.3, -0.25) is 4.98 Å². The number of nitrogens with two attached hydrogens (primary N) is 1. The minimum Gasteiger partial charge on any atom is -0.395 e. The summed E-state index contributed by atoms with van der Waals surface area (Å²) in [6.07, 6.45) is 1.58. The lowest BCUT2D eigenvalue weighted by Gasteiger charge is -2.18. The summed E-state index contributed by atoms with van der Waals surface area (Å²) in [5.74, 6) is -0.752. The minimum atomic E-state index is -3.86. The molecule has 0 saturated carbocycles. The van der Waals surface area contributed by atoms with Crippen molar-refractivity contribution in [2.75, 3.05) is 12.8 Å². The molecule has 7 heteroatoms. The van der Waals surface area contributed by atoms with Crippen LogP contribution in [0, 0.1) is 5.82 Å². The van der Waals surface area contributed by atoms with E-state index in [9.17, 15) is 12.8 Å². The first kappa shape index (κ1) is 14.4. The molecule has 2 N–H and O–H groups in total. The van der Waals surface area contributed by atoms with Gasteiger partial charge in [0, 0.05) is 13.2 Å². The quantitative estimate of drug-likeness (QED) is 0.870. The molecule has 1 aromatic heterocycles. The van der Waals surface area contributed by atoms with E-state index in [0.29, 0.717) is 5.69 Å². The number of aromatic nitrogens is 1. The summed E-state index contributed by atoms with van der Waals surface area (Å²) < 4.78 is 39.2. The lowest BCUT2D eigenvalue weighted by Crippen LogP contribution is -2.27. The second-order valence-corrected chi connectivity index (χ2v) is 6.25. The highest BCUT2D eigenvalue weighted by molar-refractivity contribution is 7.89. The van der Waals surface area contributed by atoms with Crippen molar-refractivity contribution < 1.29 is 12.8 Å². The Bertz CT molecular complexity index is 705. The van der Waals surface area contributed by atoms with Crippen molar-refractivity contribution in [2.45, 2.75) is 11.4 Å². The molecule has 0 saturated heterocycles. The average Bonchev–Trinajstić information content (AvgIpc) is 2.42. The Morgan fingerprint density at radius 3 is 2.65 bits per heavy atom. The van der Waals surface area contributed by atoms with Gasteiger partial charge in [0.2, 0.25) is 10.0 Å². The highest BCUT2D eigenvalue weighted by atomic mass is 32.2. The molecule has 1 heterocycles. The second kappa shape index (κ2) is 5.56. The summed E-state index contributed by atoms with van der Waals surface area (Å²) in [7, 11) is -2.46. The molecular formula is C13H14FN3O2S. The molecule has 2 aromatic rings. The van der Waals surface area contributed by atoms with Crippen LogP contribution in [0.1, 0.15) is 5.69 Å². The van der Waals surface area contributed by atoms with E-state index >= 15 is 0 Å². The third-order valence-corrected chi connectivity index (χ3v) is 4.67. The lowest BCUT2D eigenvalue weighted by molar-refractivity contribution is 0.462. The van der Waals surface area contributed by atoms with E-state index < -0.39 is 15.8 Å². The molecule has 0 aliphatic heterocycles. The van der Waals surface area contributed by atoms with Crippen molar-refractivity contribution in [3.8, 4) is 0 Å². The molecule has 106 valence electrons. The maximum atomic E-state index is 13.4. The average molecular weight is 295 g/mol. The fourth-order valence-corrected chi connectivity index (χ4v) is 2.98. The van der Waals surface area contributed by atoms with E-state index in [4.69, 9.17) is 5.73 Å². The van der Waals surface area contributed by atoms with E-state index in [1.54, 1.807) is 24.4 Å². The van der Waals surface area contributed by atoms with Crippen molar-refractivity contribution in [1.82, 2.24) is 9.29 Å². The van der Waals surface area contributed by atoms with Gasteiger partial charge in [-0.15, -0.1) is 0 Å². The molecule has 0 radical (unpaired) electrons. The zero-order chi connectivity index (χ0) is 14.8. The largest absolute Gasteiger partial charge is 0.395 e. The van der Waals surface area contributed by atoms with E-state index in [2.05, 4.69) is 4.98 Å². The fraction of sp³-hybridized carbons (Fsp3) is 0.154. The van der Waals surface area contributed by atoms with Gasteiger partial charge < -0.3 is 5.73 Å². The number of sulfonamides is 1. The van der Waals surface area contributed by atoms with Gasteiger partial charge in [0.25, 0.3) is 0 Å². The molecule has 0 atom stereocenters. The maximum absolute atomic E-state index is 13.4. The number of nitrogen functional groups attached to an aromatic ring is 1. The van der Waals surface area contributed by atoms with Crippen LogP contribution in [0.15, 0.2) is 47.5 Å². The summed E-state index contributed by atoms with van der Waals surface area (Å²) >= 11 is 0. The van der Waals surface area contributed by atoms with Crippen LogP contribution >= 0.6 is 0 Å². The number of rotatable bonds is 4. The molecule has 0 amide bonds. The van der Waals surface area contributed by atoms with Gasteiger partial charge in [0.15, 0.2) is 0 Å². The predicted octanol–water partition coefficient (Wildman–Crippen LogP) is 1.62. The van der Waals surface area contributed by atoms with Crippen molar-refractivity contribution in [3.05, 3.63) is 54.1 Å². The number of nitrogens with zero attached hydrogens (tertiary/aromatic N) is 2. The van der Waals surface area contributed by atoms with Gasteiger partial charge in [-0.1, -0.05) is 12.1 Å². The smallest absolute Gasteiger partial charge is 0.245 e. The molecule has 2 rings (SSSR count). The number of hydrogen-bond acceptors (Lipinski definition) is 4. The van der Waals surface area contributed by atoms with Crippen molar-refractivity contribution in [2.24, 2.45) is 0 Å². The Morgan fingerprint density at radius 1 is 1.25 bits per heavy atom. The van der Waals surface area contributed by atoms with Gasteiger partial charge >= 0.3 is 0 Å². The summed E-state index contributed by atoms with van der Waals surface area (Å²) in [5, 5.41) is 0. The SMILES string of the molecule is CN(Cc1ccccn1)S(=O)(=O)c1cccc(F)c1N. The van der Waals surface area contributed by atoms with Crippen LogP contribution in [0.3, 0.4) is 0 Å². The summed E-state index contributed by atoms with van der Waals surface area (Å²) in [6.45, 7) is 0.0825. The zero-order valence-corrected chi connectivity index (χ0v) is 11.6. The monoisotopic (exact) mass is 295 g/mol. The number of halogens is 1. The Hall–Kier alpha value is -1.99. The molecular weight excluding hydrogens is 281 g/mol. The van der Waals surface area contributed by atoms with E-state index in [1.807, 2.05) is 0 Å². The van der Waals surface area contributed by atoms with Crippen LogP contribution in [-0.2, 0) is 16.6 Å². The van der Waals surface area contributed by atoms with Crippen molar-refractivity contribution in [1.29, 1.82) is 0 Å². The zero-order valence-electron chi connectivity index (χ0n) is 10.8. The molecule has 1 aromatic carbocycles. The van der Waals surface area contributed by atoms with Crippen molar-refractivity contribution >= 4 is 15.7 Å². The van der Waals surface area contributed by atoms with Crippen LogP contribution in [0.5, 0.6) is 0 Å². The van der Waals surface area contributed by atoms with Crippen LogP contribution < -0.4 is 5.73 Å². The Morgan fingerprint density at radius 2 is 2.00 bits per heavy atom. The third kappa shape index (κ3) is 2.78. The predicted molar refractivity (Wildman–Crippen MR) is 73.7 cm³/mol. The first-order valence-electron chi connectivity index (χ1n) is 5.83. The van der Waals surface area contributed by atoms with Crippen LogP contribution in [0.25, 0.3) is 0 Å². The maximum Gasteiger partial charge on any atom is 0.245 e. The van der Waals surface area contributed by atoms with Crippen LogP contribution in [0.4, 0.5) is 10.1 Å². The van der Waals surface area contributed by atoms with E-state index in [0.717, 1.165) is 10.4 Å². The van der Waals surface area contributed by atoms with E-state index in [-0.39, 0.29) is 17.1 Å². The number of para-hydroxylation sites is 1. The summed E-state index contributed by atoms with van der Waals surface area (Å²) in [5.41, 5.74) is 5.72. The van der Waals surface area contributed by atoms with Gasteiger partial charge in [-0.25, -0.2) is 12.8 Å². The normalized spacial score (nSPS) is 11.8. The molecule has 0 aliphatic rings. The number of benzene rings is 1. The minimum absolute atomic E-state index is 0.0825. The third-order valence-electron chi connectivity index (χ3n) is 2.81. The van der Waals surface area contributed by atoms with E-state index in [1.165, 1.54) is 19.2 Å². The van der Waals surface area contributed by atoms with Gasteiger partial charge in [-0.2, -0.15) is 4.31 Å². The molecule has 20 heavy (non-hydrogen) atoms. The molecule has 0 unspecified atom stereocenters. The second-order valence-electron chi connectivity index (χ2n) is 4.23. The first-order chi connectivity index (χ1) is 9.43. The fourth-order valence-electron chi connectivity index (χ4n) is 1.71. The van der Waals surface area contributed by atoms with Gasteiger partial charge in [-0.05, 0) is 24.3 Å². The summed E-state index contributed by atoms with van der Waals surface area (Å²) in [4.78, 5) is 3.81. The number of pyridine rings is 1. The molecule has 0 spiro atoms. The summed E-state index contributed by atoms with van der Waals surface area (Å²) in [6, 6.07) is 8.92. The van der Waals surface area contributed by atoms with Crippen LogP contribution in [-0.4, -0.2) is 24.8 Å². The van der Waals surface area contributed by atoms with Crippen LogP contribution in [0.2, 0.25) is 0 Å². The molecule has 0 bridgehead atoms. The Labute approximate surface area is 116 Å². The topological polar surface area (TPSA) is 76.3 Å². The van der Waals surface area contributed by atoms with Gasteiger partial charge in [0.05, 0.1) is 17.9 Å². The first-order valence-corrected chi connectivity index (χ1v) is 7.27. The Balaban J connectivity index is 2.33. The molecule has 5 nitrogen and oxygen atoms in total. The van der Waals surface area contributed by atoms with Gasteiger partial charge in [0.1, 0.15) is 10.7 Å². The van der Waals surface area contributed by atoms with Crippen molar-refractivity contribution in [3.63, 3.8) is 0 Å². The molecule has 0 aliphatic carbocycles. The standard InChI is InChI=1S/C13H14FN3O2S/c1-17(9-10-5-2-3-8-16-10)20(18,19)12-7-4-6-11(14)13(12)15/h2-8H,9,15H2,1H3. The number of hydrogen-bond donors (Lipinski definition) is 1. The highest BCUT2D eigenvalue weighted by Gasteiger charge is 2.24. The lowest BCUT2D eigenvalue weighted by atomic mass is 10.3. The Kier molecular flexibility index (Phi) is 4.01. The number of anilines is 1. The highest BCUT2D eigenvalue weighted by Crippen LogP contribution is 2.24.